The van der Waals surface area contributed by atoms with Gasteiger partial charge >= 0.3 is 0 Å². The van der Waals surface area contributed by atoms with E-state index in [4.69, 9.17) is 0 Å². The quantitative estimate of drug-likeness (QED) is 0.671. The molecule has 0 unspecified atom stereocenters. The maximum atomic E-state index is 12.9. The number of hydrogen-bond acceptors (Lipinski definition) is 6. The molecule has 138 valence electrons. The van der Waals surface area contributed by atoms with Crippen LogP contribution in [-0.4, -0.2) is 30.3 Å². The number of carbonyl (C=O) groups is 1. The summed E-state index contributed by atoms with van der Waals surface area (Å²) in [5.74, 6) is -2.33. The first-order valence-corrected chi connectivity index (χ1v) is 7.76. The van der Waals surface area contributed by atoms with E-state index in [-0.39, 0.29) is 12.5 Å². The second kappa shape index (κ2) is 7.20. The highest BCUT2D eigenvalue weighted by atomic mass is 19.1. The fourth-order valence-electron chi connectivity index (χ4n) is 2.30. The predicted molar refractivity (Wildman–Crippen MR) is 92.1 cm³/mol. The van der Waals surface area contributed by atoms with Gasteiger partial charge in [0, 0.05) is 25.9 Å². The number of nitrogens with one attached hydrogen (secondary N) is 1. The number of benzene rings is 1. The van der Waals surface area contributed by atoms with Crippen LogP contribution in [0.25, 0.3) is 5.95 Å². The number of aromatic nitrogens is 4. The van der Waals surface area contributed by atoms with Gasteiger partial charge < -0.3 is 10.4 Å². The normalized spacial score (nSPS) is 10.6. The lowest BCUT2D eigenvalue weighted by Crippen LogP contribution is -2.33. The van der Waals surface area contributed by atoms with Crippen molar-refractivity contribution in [2.45, 2.75) is 6.54 Å². The highest BCUT2D eigenvalue weighted by Crippen LogP contribution is 2.11. The number of amides is 1. The van der Waals surface area contributed by atoms with E-state index in [1.54, 1.807) is 0 Å². The standard InChI is InChI=1S/C17H14FN5O4/c1-22-16(27)14(25)13(21-17(22)23-12(24)3-2-8-20-23)15(26)19-9-10-4-6-11(18)7-5-10/h2-8,25H,9H2,1H3,(H,19,26). The summed E-state index contributed by atoms with van der Waals surface area (Å²) in [7, 11) is 1.28. The van der Waals surface area contributed by atoms with Crippen molar-refractivity contribution < 1.29 is 14.3 Å². The van der Waals surface area contributed by atoms with Gasteiger partial charge in [-0.05, 0) is 23.8 Å². The fourth-order valence-corrected chi connectivity index (χ4v) is 2.30. The Morgan fingerprint density at radius 3 is 2.59 bits per heavy atom. The SMILES string of the molecule is Cn1c(-n2ncccc2=O)nc(C(=O)NCc2ccc(F)cc2)c(O)c1=O. The molecule has 0 saturated carbocycles. The summed E-state index contributed by atoms with van der Waals surface area (Å²) in [6.07, 6.45) is 1.31. The van der Waals surface area contributed by atoms with Gasteiger partial charge in [-0.25, -0.2) is 9.37 Å². The molecule has 0 aliphatic carbocycles. The second-order valence-corrected chi connectivity index (χ2v) is 5.56. The summed E-state index contributed by atoms with van der Waals surface area (Å²) in [5, 5.41) is 16.3. The first kappa shape index (κ1) is 18.0. The number of halogens is 1. The van der Waals surface area contributed by atoms with E-state index in [1.165, 1.54) is 49.6 Å². The topological polar surface area (TPSA) is 119 Å². The molecule has 0 bridgehead atoms. The van der Waals surface area contributed by atoms with Crippen LogP contribution in [0.4, 0.5) is 4.39 Å². The van der Waals surface area contributed by atoms with Crippen LogP contribution in [0.5, 0.6) is 5.75 Å². The maximum absolute atomic E-state index is 12.9. The van der Waals surface area contributed by atoms with Gasteiger partial charge in [0.25, 0.3) is 17.0 Å². The van der Waals surface area contributed by atoms with Crippen molar-refractivity contribution in [2.75, 3.05) is 0 Å². The van der Waals surface area contributed by atoms with Gasteiger partial charge in [0.15, 0.2) is 5.69 Å². The summed E-state index contributed by atoms with van der Waals surface area (Å²) < 4.78 is 14.7. The smallest absolute Gasteiger partial charge is 0.297 e. The molecular formula is C17H14FN5O4. The zero-order chi connectivity index (χ0) is 19.6. The van der Waals surface area contributed by atoms with Crippen LogP contribution in [0.2, 0.25) is 0 Å². The number of carbonyl (C=O) groups excluding carboxylic acids is 1. The fraction of sp³-hybridized carbons (Fsp3) is 0.118. The van der Waals surface area contributed by atoms with Gasteiger partial charge in [-0.2, -0.15) is 9.78 Å². The highest BCUT2D eigenvalue weighted by Gasteiger charge is 2.21. The molecule has 0 fully saturated rings. The highest BCUT2D eigenvalue weighted by molar-refractivity contribution is 5.94. The molecule has 9 nitrogen and oxygen atoms in total. The Labute approximate surface area is 151 Å². The maximum Gasteiger partial charge on any atom is 0.297 e. The third kappa shape index (κ3) is 3.59. The summed E-state index contributed by atoms with van der Waals surface area (Å²) in [6, 6.07) is 8.05. The molecule has 2 heterocycles. The van der Waals surface area contributed by atoms with Crippen molar-refractivity contribution >= 4 is 5.91 Å². The number of aromatic hydroxyl groups is 1. The Morgan fingerprint density at radius 1 is 1.22 bits per heavy atom. The van der Waals surface area contributed by atoms with Crippen LogP contribution in [0.1, 0.15) is 16.1 Å². The molecule has 0 spiro atoms. The number of rotatable bonds is 4. The van der Waals surface area contributed by atoms with E-state index in [1.807, 2.05) is 0 Å². The zero-order valence-electron chi connectivity index (χ0n) is 14.1. The van der Waals surface area contributed by atoms with Gasteiger partial charge in [0.05, 0.1) is 0 Å². The number of nitrogens with zero attached hydrogens (tertiary/aromatic N) is 4. The Bertz CT molecular complexity index is 1120. The van der Waals surface area contributed by atoms with Crippen LogP contribution in [0, 0.1) is 5.82 Å². The van der Waals surface area contributed by atoms with Crippen LogP contribution in [-0.2, 0) is 13.6 Å². The van der Waals surface area contributed by atoms with Crippen LogP contribution in [0.15, 0.2) is 52.2 Å². The zero-order valence-corrected chi connectivity index (χ0v) is 14.1. The average Bonchev–Trinajstić information content (AvgIpc) is 2.66. The van der Waals surface area contributed by atoms with Gasteiger partial charge in [-0.1, -0.05) is 12.1 Å². The van der Waals surface area contributed by atoms with E-state index in [0.29, 0.717) is 5.56 Å². The molecule has 10 heteroatoms. The van der Waals surface area contributed by atoms with E-state index < -0.39 is 34.3 Å². The average molecular weight is 371 g/mol. The molecule has 0 radical (unpaired) electrons. The summed E-state index contributed by atoms with van der Waals surface area (Å²) in [4.78, 5) is 40.5. The van der Waals surface area contributed by atoms with Gasteiger partial charge in [-0.15, -0.1) is 0 Å². The van der Waals surface area contributed by atoms with Crippen LogP contribution < -0.4 is 16.4 Å². The summed E-state index contributed by atoms with van der Waals surface area (Å²) in [6.45, 7) is 0.0221. The monoisotopic (exact) mass is 371 g/mol. The molecule has 3 aromatic rings. The lowest BCUT2D eigenvalue weighted by atomic mass is 10.2. The van der Waals surface area contributed by atoms with Crippen molar-refractivity contribution in [3.63, 3.8) is 0 Å². The summed E-state index contributed by atoms with van der Waals surface area (Å²) >= 11 is 0. The van der Waals surface area contributed by atoms with E-state index in [9.17, 15) is 23.9 Å². The Hall–Kier alpha value is -3.82. The van der Waals surface area contributed by atoms with E-state index >= 15 is 0 Å². The van der Waals surface area contributed by atoms with Crippen molar-refractivity contribution in [3.8, 4) is 11.7 Å². The van der Waals surface area contributed by atoms with Crippen LogP contribution >= 0.6 is 0 Å². The second-order valence-electron chi connectivity index (χ2n) is 5.56. The predicted octanol–water partition coefficient (Wildman–Crippen LogP) is 0.101. The molecule has 3 rings (SSSR count). The molecular weight excluding hydrogens is 357 g/mol. The Balaban J connectivity index is 1.96. The van der Waals surface area contributed by atoms with Gasteiger partial charge in [-0.3, -0.25) is 19.0 Å². The van der Waals surface area contributed by atoms with Crippen molar-refractivity contribution in [1.29, 1.82) is 0 Å². The summed E-state index contributed by atoms with van der Waals surface area (Å²) in [5.41, 5.74) is -1.42. The number of hydrogen-bond donors (Lipinski definition) is 2. The molecule has 0 atom stereocenters. The van der Waals surface area contributed by atoms with Crippen molar-refractivity contribution in [1.82, 2.24) is 24.6 Å². The first-order valence-electron chi connectivity index (χ1n) is 7.76. The molecule has 2 aromatic heterocycles. The van der Waals surface area contributed by atoms with Crippen molar-refractivity contribution in [3.05, 3.63) is 80.4 Å². The van der Waals surface area contributed by atoms with Gasteiger partial charge in [0.1, 0.15) is 5.82 Å². The molecule has 1 aromatic carbocycles. The molecule has 1 amide bonds. The minimum absolute atomic E-state index is 0.0221. The van der Waals surface area contributed by atoms with Crippen molar-refractivity contribution in [2.24, 2.45) is 7.05 Å². The van der Waals surface area contributed by atoms with E-state index in [2.05, 4.69) is 15.4 Å². The molecule has 0 aliphatic rings. The largest absolute Gasteiger partial charge is 0.501 e. The van der Waals surface area contributed by atoms with Crippen LogP contribution in [0.3, 0.4) is 0 Å². The lowest BCUT2D eigenvalue weighted by Gasteiger charge is -2.12. The minimum atomic E-state index is -0.913. The minimum Gasteiger partial charge on any atom is -0.501 e. The third-order valence-electron chi connectivity index (χ3n) is 3.73. The molecule has 0 saturated heterocycles. The lowest BCUT2D eigenvalue weighted by molar-refractivity contribution is 0.0942. The Morgan fingerprint density at radius 2 is 1.93 bits per heavy atom. The van der Waals surface area contributed by atoms with Gasteiger partial charge in [0.2, 0.25) is 11.7 Å². The molecule has 0 aliphatic heterocycles. The third-order valence-corrected chi connectivity index (χ3v) is 3.73. The Kier molecular flexibility index (Phi) is 4.79. The molecule has 27 heavy (non-hydrogen) atoms. The molecule has 2 N–H and O–H groups in total. The first-order chi connectivity index (χ1) is 12.9. The van der Waals surface area contributed by atoms with E-state index in [0.717, 1.165) is 9.25 Å².